The number of nitrogens with one attached hydrogen (secondary N) is 1. The molecule has 2 N–H and O–H groups in total. The first-order valence-corrected chi connectivity index (χ1v) is 6.49. The number of urea groups is 1. The van der Waals surface area contributed by atoms with Crippen molar-refractivity contribution in [3.05, 3.63) is 0 Å². The summed E-state index contributed by atoms with van der Waals surface area (Å²) in [7, 11) is 0. The van der Waals surface area contributed by atoms with E-state index in [0.29, 0.717) is 19.6 Å². The summed E-state index contributed by atoms with van der Waals surface area (Å²) in [6, 6.07) is -1.20. The fourth-order valence-electron chi connectivity index (χ4n) is 2.04. The Hall–Kier alpha value is -1.79. The largest absolute Gasteiger partial charge is 0.480 e. The summed E-state index contributed by atoms with van der Waals surface area (Å²) in [6.45, 7) is 2.60. The van der Waals surface area contributed by atoms with Crippen LogP contribution in [0.15, 0.2) is 0 Å². The minimum Gasteiger partial charge on any atom is -0.480 e. The number of nitrogens with zero attached hydrogens (tertiary/aromatic N) is 1. The zero-order valence-corrected chi connectivity index (χ0v) is 11.1. The van der Waals surface area contributed by atoms with Gasteiger partial charge in [0.25, 0.3) is 0 Å². The highest BCUT2D eigenvalue weighted by atomic mass is 16.5. The molecule has 0 saturated carbocycles. The molecule has 108 valence electrons. The maximum absolute atomic E-state index is 11.9. The molecule has 19 heavy (non-hydrogen) atoms. The summed E-state index contributed by atoms with van der Waals surface area (Å²) in [6.07, 6.45) is 2.17. The zero-order chi connectivity index (χ0) is 14.3. The van der Waals surface area contributed by atoms with E-state index in [1.165, 1.54) is 4.90 Å². The molecule has 7 heteroatoms. The number of ether oxygens (including phenoxy) is 1. The van der Waals surface area contributed by atoms with Crippen molar-refractivity contribution >= 4 is 18.0 Å². The van der Waals surface area contributed by atoms with Crippen LogP contribution >= 0.6 is 0 Å². The fraction of sp³-hybridized carbons (Fsp3) is 0.750. The van der Waals surface area contributed by atoms with E-state index in [0.717, 1.165) is 12.8 Å². The van der Waals surface area contributed by atoms with Gasteiger partial charge in [-0.3, -0.25) is 4.79 Å². The number of aliphatic carboxylic acids is 1. The second-order valence-corrected chi connectivity index (χ2v) is 4.33. The van der Waals surface area contributed by atoms with Gasteiger partial charge in [0.15, 0.2) is 0 Å². The summed E-state index contributed by atoms with van der Waals surface area (Å²) in [4.78, 5) is 35.3. The molecule has 1 heterocycles. The molecular weight excluding hydrogens is 252 g/mol. The number of carbonyl (C=O) groups excluding carboxylic acids is 2. The summed E-state index contributed by atoms with van der Waals surface area (Å²) >= 11 is 0. The van der Waals surface area contributed by atoms with Crippen molar-refractivity contribution in [3.63, 3.8) is 0 Å². The van der Waals surface area contributed by atoms with Gasteiger partial charge in [0, 0.05) is 13.1 Å². The predicted molar refractivity (Wildman–Crippen MR) is 66.6 cm³/mol. The first kappa shape index (κ1) is 15.3. The lowest BCUT2D eigenvalue weighted by atomic mass is 10.0. The lowest BCUT2D eigenvalue weighted by Gasteiger charge is -2.32. The second-order valence-electron chi connectivity index (χ2n) is 4.33. The topological polar surface area (TPSA) is 95.9 Å². The van der Waals surface area contributed by atoms with E-state index in [1.807, 2.05) is 0 Å². The Bertz CT molecular complexity index is 345. The van der Waals surface area contributed by atoms with Crippen LogP contribution < -0.4 is 5.32 Å². The van der Waals surface area contributed by atoms with Crippen molar-refractivity contribution in [2.45, 2.75) is 38.6 Å². The molecular formula is C12H20N2O5. The lowest BCUT2D eigenvalue weighted by molar-refractivity contribution is -0.144. The van der Waals surface area contributed by atoms with E-state index in [1.54, 1.807) is 6.92 Å². The second kappa shape index (κ2) is 7.60. The van der Waals surface area contributed by atoms with Crippen molar-refractivity contribution in [2.24, 2.45) is 0 Å². The summed E-state index contributed by atoms with van der Waals surface area (Å²) in [5.74, 6) is -1.36. The molecule has 1 fully saturated rings. The van der Waals surface area contributed by atoms with Crippen LogP contribution in [0.4, 0.5) is 4.79 Å². The summed E-state index contributed by atoms with van der Waals surface area (Å²) in [5.41, 5.74) is 0. The first-order chi connectivity index (χ1) is 9.06. The van der Waals surface area contributed by atoms with Crippen LogP contribution in [0.25, 0.3) is 0 Å². The molecule has 0 aliphatic carbocycles. The molecule has 0 spiro atoms. The van der Waals surface area contributed by atoms with Crippen molar-refractivity contribution in [1.29, 1.82) is 0 Å². The average molecular weight is 272 g/mol. The minimum atomic E-state index is -0.986. The molecule has 2 amide bonds. The molecule has 1 unspecified atom stereocenters. The molecule has 1 saturated heterocycles. The van der Waals surface area contributed by atoms with E-state index in [9.17, 15) is 14.4 Å². The van der Waals surface area contributed by atoms with Gasteiger partial charge in [0.1, 0.15) is 6.04 Å². The van der Waals surface area contributed by atoms with Crippen molar-refractivity contribution in [1.82, 2.24) is 10.2 Å². The fourth-order valence-corrected chi connectivity index (χ4v) is 2.04. The van der Waals surface area contributed by atoms with E-state index < -0.39 is 18.0 Å². The standard InChI is InChI=1S/C12H20N2O5/c1-2-19-10(15)6-7-13-12(18)14-8-4-3-5-9(14)11(16)17/h9H,2-8H2,1H3,(H,13,18)(H,16,17). The van der Waals surface area contributed by atoms with Gasteiger partial charge in [-0.05, 0) is 26.2 Å². The minimum absolute atomic E-state index is 0.0885. The average Bonchev–Trinajstić information content (AvgIpc) is 2.38. The Morgan fingerprint density at radius 3 is 2.74 bits per heavy atom. The van der Waals surface area contributed by atoms with E-state index >= 15 is 0 Å². The van der Waals surface area contributed by atoms with Gasteiger partial charge in [0.2, 0.25) is 0 Å². The zero-order valence-electron chi connectivity index (χ0n) is 11.1. The van der Waals surface area contributed by atoms with Gasteiger partial charge in [-0.2, -0.15) is 0 Å². The van der Waals surface area contributed by atoms with Crippen molar-refractivity contribution in [2.75, 3.05) is 19.7 Å². The third-order valence-electron chi connectivity index (χ3n) is 2.96. The highest BCUT2D eigenvalue weighted by Crippen LogP contribution is 2.17. The predicted octanol–water partition coefficient (Wildman–Crippen LogP) is 0.588. The lowest BCUT2D eigenvalue weighted by Crippen LogP contribution is -2.52. The molecule has 7 nitrogen and oxygen atoms in total. The van der Waals surface area contributed by atoms with Crippen LogP contribution in [0.5, 0.6) is 0 Å². The van der Waals surface area contributed by atoms with Gasteiger partial charge >= 0.3 is 18.0 Å². The van der Waals surface area contributed by atoms with Crippen LogP contribution in [-0.2, 0) is 14.3 Å². The Labute approximate surface area is 111 Å². The summed E-state index contributed by atoms with van der Waals surface area (Å²) in [5, 5.41) is 11.6. The van der Waals surface area contributed by atoms with Crippen LogP contribution in [0.2, 0.25) is 0 Å². The highest BCUT2D eigenvalue weighted by molar-refractivity contribution is 5.83. The number of carboxylic acids is 1. The molecule has 0 aromatic heterocycles. The number of hydrogen-bond acceptors (Lipinski definition) is 4. The third kappa shape index (κ3) is 4.76. The Morgan fingerprint density at radius 2 is 2.11 bits per heavy atom. The van der Waals surface area contributed by atoms with Crippen molar-refractivity contribution in [3.8, 4) is 0 Å². The van der Waals surface area contributed by atoms with Gasteiger partial charge in [-0.25, -0.2) is 9.59 Å². The number of rotatable bonds is 5. The van der Waals surface area contributed by atoms with Gasteiger partial charge in [-0.15, -0.1) is 0 Å². The van der Waals surface area contributed by atoms with Gasteiger partial charge < -0.3 is 20.1 Å². The quantitative estimate of drug-likeness (QED) is 0.714. The molecule has 0 aromatic carbocycles. The Balaban J connectivity index is 2.38. The molecule has 1 atom stereocenters. The Morgan fingerprint density at radius 1 is 1.37 bits per heavy atom. The van der Waals surface area contributed by atoms with Crippen LogP contribution in [0, 0.1) is 0 Å². The number of carboxylic acid groups (broad SMARTS) is 1. The molecule has 0 aromatic rings. The molecule has 0 bridgehead atoms. The van der Waals surface area contributed by atoms with Crippen molar-refractivity contribution < 1.29 is 24.2 Å². The van der Waals surface area contributed by atoms with Gasteiger partial charge in [0.05, 0.1) is 13.0 Å². The normalized spacial score (nSPS) is 18.8. The Kier molecular flexibility index (Phi) is 6.11. The molecule has 0 radical (unpaired) electrons. The molecule has 1 aliphatic rings. The number of likely N-dealkylation sites (tertiary alicyclic amines) is 1. The number of hydrogen-bond donors (Lipinski definition) is 2. The maximum Gasteiger partial charge on any atom is 0.326 e. The number of esters is 1. The van der Waals surface area contributed by atoms with Gasteiger partial charge in [-0.1, -0.05) is 0 Å². The smallest absolute Gasteiger partial charge is 0.326 e. The number of amides is 2. The van der Waals surface area contributed by atoms with E-state index in [2.05, 4.69) is 5.32 Å². The monoisotopic (exact) mass is 272 g/mol. The molecule has 1 rings (SSSR count). The number of carbonyl (C=O) groups is 3. The number of piperidine rings is 1. The van der Waals surface area contributed by atoms with Crippen LogP contribution in [0.3, 0.4) is 0 Å². The third-order valence-corrected chi connectivity index (χ3v) is 2.96. The highest BCUT2D eigenvalue weighted by Gasteiger charge is 2.31. The SMILES string of the molecule is CCOC(=O)CCNC(=O)N1CCCCC1C(=O)O. The maximum atomic E-state index is 11.9. The summed E-state index contributed by atoms with van der Waals surface area (Å²) < 4.78 is 4.73. The van der Waals surface area contributed by atoms with Crippen LogP contribution in [-0.4, -0.2) is 53.7 Å². The van der Waals surface area contributed by atoms with E-state index in [4.69, 9.17) is 9.84 Å². The van der Waals surface area contributed by atoms with Crippen LogP contribution in [0.1, 0.15) is 32.6 Å². The molecule has 1 aliphatic heterocycles. The first-order valence-electron chi connectivity index (χ1n) is 6.49. The van der Waals surface area contributed by atoms with E-state index in [-0.39, 0.29) is 18.9 Å².